The second-order valence-corrected chi connectivity index (χ2v) is 4.73. The Kier molecular flexibility index (Phi) is 9.32. The minimum atomic E-state index is -2.40. The van der Waals surface area contributed by atoms with Crippen molar-refractivity contribution in [2.45, 2.75) is 52.4 Å². The zero-order valence-electron chi connectivity index (χ0n) is 9.17. The van der Waals surface area contributed by atoms with Gasteiger partial charge in [-0.2, -0.15) is 0 Å². The zero-order chi connectivity index (χ0) is 10.8. The maximum Gasteiger partial charge on any atom is 0.255 e. The average Bonchev–Trinajstić information content (AvgIpc) is 2.17. The molecule has 1 unspecified atom stereocenters. The van der Waals surface area contributed by atoms with Crippen LogP contribution in [0.1, 0.15) is 52.4 Å². The van der Waals surface area contributed by atoms with Crippen LogP contribution in [0, 0.1) is 0 Å². The second-order valence-electron chi connectivity index (χ2n) is 3.31. The third-order valence-corrected chi connectivity index (χ3v) is 3.27. The quantitative estimate of drug-likeness (QED) is 0.442. The predicted octanol–water partition coefficient (Wildman–Crippen LogP) is 3.38. The summed E-state index contributed by atoms with van der Waals surface area (Å²) in [7, 11) is -2.40. The van der Waals surface area contributed by atoms with E-state index >= 15 is 0 Å². The summed E-state index contributed by atoms with van der Waals surface area (Å²) in [5.74, 6) is 0. The van der Waals surface area contributed by atoms with Crippen LogP contribution in [0.4, 0.5) is 0 Å². The summed E-state index contributed by atoms with van der Waals surface area (Å²) in [5.41, 5.74) is -0.201. The standard InChI is InChI=1S/C10H21O3P/c1-3-5-6-7-8-9-10(11)14(12)13-4-2/h14H,3-9H2,1-2H3. The third kappa shape index (κ3) is 7.28. The Balaban J connectivity index is 3.39. The van der Waals surface area contributed by atoms with Gasteiger partial charge in [0.05, 0.1) is 6.61 Å². The molecule has 0 aromatic heterocycles. The van der Waals surface area contributed by atoms with Crippen molar-refractivity contribution < 1.29 is 13.9 Å². The highest BCUT2D eigenvalue weighted by molar-refractivity contribution is 7.59. The number of carbonyl (C=O) groups is 1. The second kappa shape index (κ2) is 9.42. The number of hydrogen-bond donors (Lipinski definition) is 0. The van der Waals surface area contributed by atoms with Crippen LogP contribution in [0.3, 0.4) is 0 Å². The van der Waals surface area contributed by atoms with Gasteiger partial charge in [0.1, 0.15) is 0 Å². The maximum absolute atomic E-state index is 11.2. The molecule has 14 heavy (non-hydrogen) atoms. The Hall–Kier alpha value is -0.140. The van der Waals surface area contributed by atoms with E-state index in [9.17, 15) is 9.36 Å². The van der Waals surface area contributed by atoms with Crippen LogP contribution in [-0.4, -0.2) is 12.1 Å². The Morgan fingerprint density at radius 1 is 1.14 bits per heavy atom. The molecule has 3 nitrogen and oxygen atoms in total. The summed E-state index contributed by atoms with van der Waals surface area (Å²) in [6.07, 6.45) is 5.91. The average molecular weight is 220 g/mol. The topological polar surface area (TPSA) is 43.4 Å². The maximum atomic E-state index is 11.2. The first-order valence-electron chi connectivity index (χ1n) is 5.42. The SMILES string of the molecule is CCCCCCCC(=O)[PH](=O)OCC. The summed E-state index contributed by atoms with van der Waals surface area (Å²) in [4.78, 5) is 11.2. The molecule has 0 heterocycles. The van der Waals surface area contributed by atoms with E-state index in [4.69, 9.17) is 4.52 Å². The van der Waals surface area contributed by atoms with E-state index in [-0.39, 0.29) is 5.52 Å². The molecular weight excluding hydrogens is 199 g/mol. The largest absolute Gasteiger partial charge is 0.326 e. The van der Waals surface area contributed by atoms with Crippen molar-refractivity contribution in [2.24, 2.45) is 0 Å². The van der Waals surface area contributed by atoms with Crippen molar-refractivity contribution in [1.29, 1.82) is 0 Å². The van der Waals surface area contributed by atoms with Crippen molar-refractivity contribution in [3.63, 3.8) is 0 Å². The van der Waals surface area contributed by atoms with Crippen molar-refractivity contribution >= 4 is 13.6 Å². The van der Waals surface area contributed by atoms with Crippen LogP contribution in [0.15, 0.2) is 0 Å². The van der Waals surface area contributed by atoms with Crippen LogP contribution >= 0.6 is 8.03 Å². The van der Waals surface area contributed by atoms with Crippen LogP contribution < -0.4 is 0 Å². The summed E-state index contributed by atoms with van der Waals surface area (Å²) in [6.45, 7) is 4.26. The highest BCUT2D eigenvalue weighted by Crippen LogP contribution is 2.25. The summed E-state index contributed by atoms with van der Waals surface area (Å²) in [6, 6.07) is 0. The van der Waals surface area contributed by atoms with Crippen LogP contribution in [0.2, 0.25) is 0 Å². The van der Waals surface area contributed by atoms with Crippen molar-refractivity contribution in [2.75, 3.05) is 6.61 Å². The number of hydrogen-bond acceptors (Lipinski definition) is 3. The summed E-state index contributed by atoms with van der Waals surface area (Å²) in [5, 5.41) is 0. The molecule has 0 aliphatic heterocycles. The molecule has 0 N–H and O–H groups in total. The first-order valence-corrected chi connectivity index (χ1v) is 6.74. The van der Waals surface area contributed by atoms with Gasteiger partial charge in [-0.05, 0) is 13.3 Å². The van der Waals surface area contributed by atoms with Gasteiger partial charge in [0, 0.05) is 6.42 Å². The molecule has 84 valence electrons. The lowest BCUT2D eigenvalue weighted by atomic mass is 10.1. The molecule has 0 aromatic rings. The molecule has 0 fully saturated rings. The van der Waals surface area contributed by atoms with E-state index in [1.807, 2.05) is 0 Å². The van der Waals surface area contributed by atoms with Gasteiger partial charge in [-0.1, -0.05) is 32.6 Å². The van der Waals surface area contributed by atoms with Gasteiger partial charge in [0.25, 0.3) is 8.03 Å². The smallest absolute Gasteiger partial charge is 0.255 e. The minimum Gasteiger partial charge on any atom is -0.326 e. The van der Waals surface area contributed by atoms with Crippen LogP contribution in [-0.2, 0) is 13.9 Å². The first kappa shape index (κ1) is 13.9. The minimum absolute atomic E-state index is 0.201. The fourth-order valence-electron chi connectivity index (χ4n) is 1.20. The Morgan fingerprint density at radius 2 is 1.79 bits per heavy atom. The van der Waals surface area contributed by atoms with E-state index < -0.39 is 8.03 Å². The van der Waals surface area contributed by atoms with Gasteiger partial charge in [-0.25, -0.2) is 0 Å². The first-order chi connectivity index (χ1) is 6.72. The third-order valence-electron chi connectivity index (χ3n) is 2.01. The number of unbranched alkanes of at least 4 members (excludes halogenated alkanes) is 4. The van der Waals surface area contributed by atoms with E-state index in [1.54, 1.807) is 6.92 Å². The Bertz CT molecular complexity index is 180. The molecule has 0 aliphatic carbocycles. The monoisotopic (exact) mass is 220 g/mol. The fraction of sp³-hybridized carbons (Fsp3) is 0.900. The zero-order valence-corrected chi connectivity index (χ0v) is 10.2. The lowest BCUT2D eigenvalue weighted by Gasteiger charge is -2.01. The van der Waals surface area contributed by atoms with Crippen LogP contribution in [0.25, 0.3) is 0 Å². The van der Waals surface area contributed by atoms with Gasteiger partial charge in [0.15, 0.2) is 0 Å². The van der Waals surface area contributed by atoms with Gasteiger partial charge >= 0.3 is 0 Å². The molecule has 0 bridgehead atoms. The molecule has 0 radical (unpaired) electrons. The Morgan fingerprint density at radius 3 is 2.36 bits per heavy atom. The molecule has 0 saturated carbocycles. The Labute approximate surface area is 87.1 Å². The van der Waals surface area contributed by atoms with Gasteiger partial charge in [0.2, 0.25) is 5.52 Å². The molecule has 0 spiro atoms. The fourth-order valence-corrected chi connectivity index (χ4v) is 2.01. The van der Waals surface area contributed by atoms with Crippen LogP contribution in [0.5, 0.6) is 0 Å². The summed E-state index contributed by atoms with van der Waals surface area (Å²) >= 11 is 0. The highest BCUT2D eigenvalue weighted by Gasteiger charge is 2.09. The molecule has 0 rings (SSSR count). The molecule has 0 amide bonds. The van der Waals surface area contributed by atoms with Gasteiger partial charge in [-0.15, -0.1) is 0 Å². The molecule has 4 heteroatoms. The van der Waals surface area contributed by atoms with E-state index in [1.165, 1.54) is 19.3 Å². The predicted molar refractivity (Wildman–Crippen MR) is 59.0 cm³/mol. The lowest BCUT2D eigenvalue weighted by molar-refractivity contribution is -0.112. The van der Waals surface area contributed by atoms with Crippen molar-refractivity contribution in [3.05, 3.63) is 0 Å². The van der Waals surface area contributed by atoms with Crippen molar-refractivity contribution in [3.8, 4) is 0 Å². The number of rotatable bonds is 9. The molecule has 0 saturated heterocycles. The van der Waals surface area contributed by atoms with Gasteiger partial charge in [-0.3, -0.25) is 9.36 Å². The normalized spacial score (nSPS) is 12.7. The molecule has 1 atom stereocenters. The van der Waals surface area contributed by atoms with E-state index in [0.717, 1.165) is 12.8 Å². The highest BCUT2D eigenvalue weighted by atomic mass is 31.1. The summed E-state index contributed by atoms with van der Waals surface area (Å²) < 4.78 is 15.9. The van der Waals surface area contributed by atoms with E-state index in [0.29, 0.717) is 13.0 Å². The molecular formula is C10H21O3P. The number of carbonyl (C=O) groups excluding carboxylic acids is 1. The lowest BCUT2D eigenvalue weighted by Crippen LogP contribution is -1.94. The molecule has 0 aliphatic rings. The molecule has 0 aromatic carbocycles. The van der Waals surface area contributed by atoms with Crippen molar-refractivity contribution in [1.82, 2.24) is 0 Å². The van der Waals surface area contributed by atoms with Gasteiger partial charge < -0.3 is 4.52 Å². The van der Waals surface area contributed by atoms with E-state index in [2.05, 4.69) is 6.92 Å².